The number of nitrogens with zero attached hydrogens (tertiary/aromatic N) is 2. The van der Waals surface area contributed by atoms with Crippen LogP contribution in [0, 0.1) is 0 Å². The van der Waals surface area contributed by atoms with Crippen LogP contribution in [0.3, 0.4) is 0 Å². The Morgan fingerprint density at radius 1 is 1.00 bits per heavy atom. The number of nitrogens with one attached hydrogen (secondary N) is 2. The molecule has 3 aromatic rings. The zero-order chi connectivity index (χ0) is 19.8. The minimum absolute atomic E-state index is 0.107. The molecule has 6 nitrogen and oxygen atoms in total. The van der Waals surface area contributed by atoms with Crippen molar-refractivity contribution in [2.75, 3.05) is 17.2 Å². The molecule has 0 atom stereocenters. The van der Waals surface area contributed by atoms with Crippen molar-refractivity contribution in [2.24, 2.45) is 0 Å². The molecule has 2 aromatic carbocycles. The first-order valence-electron chi connectivity index (χ1n) is 9.28. The van der Waals surface area contributed by atoms with E-state index in [2.05, 4.69) is 32.7 Å². The van der Waals surface area contributed by atoms with E-state index in [0.717, 1.165) is 18.7 Å². The van der Waals surface area contributed by atoms with Crippen LogP contribution in [-0.2, 0) is 6.42 Å². The number of benzene rings is 2. The first-order valence-corrected chi connectivity index (χ1v) is 9.28. The van der Waals surface area contributed by atoms with Gasteiger partial charge in [-0.1, -0.05) is 30.3 Å². The number of carbonyl (C=O) groups excluding carboxylic acids is 1. The van der Waals surface area contributed by atoms with Gasteiger partial charge < -0.3 is 15.4 Å². The third kappa shape index (κ3) is 5.81. The van der Waals surface area contributed by atoms with Crippen LogP contribution in [0.5, 0.6) is 5.75 Å². The van der Waals surface area contributed by atoms with E-state index in [9.17, 15) is 4.79 Å². The normalized spacial score (nSPS) is 10.5. The Bertz CT molecular complexity index is 879. The molecule has 0 saturated heterocycles. The highest BCUT2D eigenvalue weighted by atomic mass is 16.5. The van der Waals surface area contributed by atoms with Crippen LogP contribution in [-0.4, -0.2) is 28.5 Å². The second-order valence-corrected chi connectivity index (χ2v) is 6.59. The fraction of sp³-hybridized carbons (Fsp3) is 0.227. The molecule has 0 unspecified atom stereocenters. The van der Waals surface area contributed by atoms with Crippen molar-refractivity contribution in [1.82, 2.24) is 9.97 Å². The summed E-state index contributed by atoms with van der Waals surface area (Å²) in [5.74, 6) is 1.10. The van der Waals surface area contributed by atoms with Crippen LogP contribution in [0.1, 0.15) is 29.9 Å². The Labute approximate surface area is 165 Å². The first-order chi connectivity index (χ1) is 13.6. The third-order valence-corrected chi connectivity index (χ3v) is 3.93. The number of hydrogen-bond donors (Lipinski definition) is 2. The molecular formula is C22H24N4O2. The Hall–Kier alpha value is -3.41. The van der Waals surface area contributed by atoms with E-state index in [1.54, 1.807) is 18.3 Å². The Morgan fingerprint density at radius 2 is 1.75 bits per heavy atom. The summed E-state index contributed by atoms with van der Waals surface area (Å²) in [7, 11) is 0. The highest BCUT2D eigenvalue weighted by Crippen LogP contribution is 2.17. The van der Waals surface area contributed by atoms with Gasteiger partial charge in [0.2, 0.25) is 0 Å². The largest absolute Gasteiger partial charge is 0.491 e. The molecule has 0 fully saturated rings. The molecule has 0 saturated carbocycles. The number of amides is 1. The lowest BCUT2D eigenvalue weighted by Crippen LogP contribution is -2.15. The number of ether oxygens (including phenoxy) is 1. The standard InChI is InChI=1S/C22H24N4O2/c1-16(2)28-19-10-8-18(9-11-19)26-22(27)20-14-25-21(15-24-20)23-13-12-17-6-4-3-5-7-17/h3-11,14-16H,12-13H2,1-2H3,(H,23,25)(H,26,27). The maximum absolute atomic E-state index is 12.3. The molecule has 0 spiro atoms. The molecule has 1 amide bonds. The summed E-state index contributed by atoms with van der Waals surface area (Å²) in [5.41, 5.74) is 2.19. The van der Waals surface area contributed by atoms with E-state index >= 15 is 0 Å². The molecule has 0 aliphatic carbocycles. The van der Waals surface area contributed by atoms with Gasteiger partial charge in [0.25, 0.3) is 5.91 Å². The fourth-order valence-electron chi connectivity index (χ4n) is 2.60. The average molecular weight is 376 g/mol. The second-order valence-electron chi connectivity index (χ2n) is 6.59. The van der Waals surface area contributed by atoms with Crippen molar-refractivity contribution in [3.8, 4) is 5.75 Å². The highest BCUT2D eigenvalue weighted by Gasteiger charge is 2.09. The van der Waals surface area contributed by atoms with E-state index in [1.165, 1.54) is 11.8 Å². The summed E-state index contributed by atoms with van der Waals surface area (Å²) < 4.78 is 5.59. The molecule has 0 bridgehead atoms. The van der Waals surface area contributed by atoms with Gasteiger partial charge in [0.1, 0.15) is 17.3 Å². The molecule has 2 N–H and O–H groups in total. The van der Waals surface area contributed by atoms with Crippen LogP contribution >= 0.6 is 0 Å². The van der Waals surface area contributed by atoms with Crippen LogP contribution in [0.15, 0.2) is 67.0 Å². The van der Waals surface area contributed by atoms with Crippen molar-refractivity contribution in [3.63, 3.8) is 0 Å². The van der Waals surface area contributed by atoms with Crippen molar-refractivity contribution in [2.45, 2.75) is 26.4 Å². The van der Waals surface area contributed by atoms with Gasteiger partial charge in [0.15, 0.2) is 0 Å². The number of anilines is 2. The topological polar surface area (TPSA) is 76.1 Å². The summed E-state index contributed by atoms with van der Waals surface area (Å²) in [6, 6.07) is 17.4. The first kappa shape index (κ1) is 19.4. The summed E-state index contributed by atoms with van der Waals surface area (Å²) in [6.45, 7) is 4.68. The molecule has 3 rings (SSSR count). The molecule has 1 aromatic heterocycles. The summed E-state index contributed by atoms with van der Waals surface area (Å²) in [4.78, 5) is 20.8. The number of hydrogen-bond acceptors (Lipinski definition) is 5. The number of aromatic nitrogens is 2. The van der Waals surface area contributed by atoms with Crippen molar-refractivity contribution in [3.05, 3.63) is 78.2 Å². The molecule has 28 heavy (non-hydrogen) atoms. The van der Waals surface area contributed by atoms with E-state index < -0.39 is 0 Å². The predicted octanol–water partition coefficient (Wildman–Crippen LogP) is 4.17. The quantitative estimate of drug-likeness (QED) is 0.617. The van der Waals surface area contributed by atoms with Gasteiger partial charge in [0.05, 0.1) is 18.5 Å². The predicted molar refractivity (Wildman–Crippen MR) is 111 cm³/mol. The van der Waals surface area contributed by atoms with E-state index in [-0.39, 0.29) is 17.7 Å². The van der Waals surface area contributed by atoms with E-state index in [1.807, 2.05) is 44.2 Å². The van der Waals surface area contributed by atoms with Crippen molar-refractivity contribution in [1.29, 1.82) is 0 Å². The zero-order valence-electron chi connectivity index (χ0n) is 16.1. The van der Waals surface area contributed by atoms with Gasteiger partial charge in [-0.05, 0) is 50.1 Å². The molecule has 0 aliphatic rings. The Kier molecular flexibility index (Phi) is 6.57. The van der Waals surface area contributed by atoms with E-state index in [0.29, 0.717) is 11.5 Å². The van der Waals surface area contributed by atoms with Gasteiger partial charge >= 0.3 is 0 Å². The monoisotopic (exact) mass is 376 g/mol. The second kappa shape index (κ2) is 9.50. The Morgan fingerprint density at radius 3 is 2.39 bits per heavy atom. The maximum Gasteiger partial charge on any atom is 0.275 e. The Balaban J connectivity index is 1.50. The molecule has 0 radical (unpaired) electrons. The molecule has 0 aliphatic heterocycles. The van der Waals surface area contributed by atoms with Gasteiger partial charge in [-0.15, -0.1) is 0 Å². The van der Waals surface area contributed by atoms with Crippen molar-refractivity contribution < 1.29 is 9.53 Å². The van der Waals surface area contributed by atoms with Gasteiger partial charge in [-0.2, -0.15) is 0 Å². The van der Waals surface area contributed by atoms with Crippen LogP contribution in [0.25, 0.3) is 0 Å². The summed E-state index contributed by atoms with van der Waals surface area (Å²) in [5, 5.41) is 6.02. The minimum Gasteiger partial charge on any atom is -0.491 e. The zero-order valence-corrected chi connectivity index (χ0v) is 16.1. The summed E-state index contributed by atoms with van der Waals surface area (Å²) in [6.07, 6.45) is 4.03. The molecule has 6 heteroatoms. The van der Waals surface area contributed by atoms with E-state index in [4.69, 9.17) is 4.74 Å². The number of carbonyl (C=O) groups is 1. The van der Waals surface area contributed by atoms with Crippen LogP contribution < -0.4 is 15.4 Å². The SMILES string of the molecule is CC(C)Oc1ccc(NC(=O)c2cnc(NCCc3ccccc3)cn2)cc1. The van der Waals surface area contributed by atoms with Crippen molar-refractivity contribution >= 4 is 17.4 Å². The number of rotatable bonds is 8. The lowest BCUT2D eigenvalue weighted by atomic mass is 10.1. The fourth-order valence-corrected chi connectivity index (χ4v) is 2.60. The molecule has 144 valence electrons. The molecule has 1 heterocycles. The van der Waals surface area contributed by atoms with Crippen LogP contribution in [0.2, 0.25) is 0 Å². The smallest absolute Gasteiger partial charge is 0.275 e. The summed E-state index contributed by atoms with van der Waals surface area (Å²) >= 11 is 0. The van der Waals surface area contributed by atoms with Gasteiger partial charge in [-0.25, -0.2) is 9.97 Å². The lowest BCUT2D eigenvalue weighted by molar-refractivity contribution is 0.102. The maximum atomic E-state index is 12.3. The lowest BCUT2D eigenvalue weighted by Gasteiger charge is -2.10. The molecular weight excluding hydrogens is 352 g/mol. The average Bonchev–Trinajstić information content (AvgIpc) is 2.70. The highest BCUT2D eigenvalue weighted by molar-refractivity contribution is 6.02. The third-order valence-electron chi connectivity index (χ3n) is 3.93. The minimum atomic E-state index is -0.305. The van der Waals surface area contributed by atoms with Gasteiger partial charge in [-0.3, -0.25) is 4.79 Å². The van der Waals surface area contributed by atoms with Gasteiger partial charge in [0, 0.05) is 12.2 Å². The van der Waals surface area contributed by atoms with Crippen LogP contribution in [0.4, 0.5) is 11.5 Å².